The van der Waals surface area contributed by atoms with Crippen LogP contribution < -0.4 is 10.6 Å². The van der Waals surface area contributed by atoms with Crippen LogP contribution in [0.15, 0.2) is 48.5 Å². The van der Waals surface area contributed by atoms with Gasteiger partial charge in [0.25, 0.3) is 0 Å². The summed E-state index contributed by atoms with van der Waals surface area (Å²) in [5.41, 5.74) is 4.56. The van der Waals surface area contributed by atoms with Gasteiger partial charge in [-0.25, -0.2) is 9.59 Å². The van der Waals surface area contributed by atoms with Crippen LogP contribution in [0.3, 0.4) is 0 Å². The lowest BCUT2D eigenvalue weighted by Crippen LogP contribution is -2.46. The highest BCUT2D eigenvalue weighted by atomic mass is 16.5. The molecule has 3 N–H and O–H groups in total. The number of amides is 2. The van der Waals surface area contributed by atoms with Gasteiger partial charge in [-0.05, 0) is 34.6 Å². The number of rotatable bonds is 10. The predicted octanol–water partition coefficient (Wildman–Crippen LogP) is 4.31. The number of alkyl carbamates (subject to hydrolysis) is 1. The van der Waals surface area contributed by atoms with E-state index in [0.29, 0.717) is 12.8 Å². The zero-order valence-corrected chi connectivity index (χ0v) is 19.3. The molecule has 2 amide bonds. The van der Waals surface area contributed by atoms with Gasteiger partial charge in [-0.2, -0.15) is 0 Å². The van der Waals surface area contributed by atoms with Crippen LogP contribution in [0.25, 0.3) is 11.1 Å². The van der Waals surface area contributed by atoms with Crippen molar-refractivity contribution in [3.05, 3.63) is 59.7 Å². The number of carbonyl (C=O) groups is 3. The summed E-state index contributed by atoms with van der Waals surface area (Å²) in [5, 5.41) is 14.6. The molecule has 176 valence electrons. The SMILES string of the molecule is CCC[C@@H](NC(=O)C[C@@H](NC(=O)OCC1c2ccccc2-c2ccccc21)C(C)C)C(=O)O. The van der Waals surface area contributed by atoms with Crippen molar-refractivity contribution in [1.29, 1.82) is 0 Å². The monoisotopic (exact) mass is 452 g/mol. The first-order valence-corrected chi connectivity index (χ1v) is 11.5. The average Bonchev–Trinajstić information content (AvgIpc) is 3.10. The molecule has 33 heavy (non-hydrogen) atoms. The molecule has 0 radical (unpaired) electrons. The first kappa shape index (κ1) is 24.3. The highest BCUT2D eigenvalue weighted by Gasteiger charge is 2.30. The fourth-order valence-electron chi connectivity index (χ4n) is 4.24. The topological polar surface area (TPSA) is 105 Å². The van der Waals surface area contributed by atoms with E-state index in [1.54, 1.807) is 0 Å². The van der Waals surface area contributed by atoms with Gasteiger partial charge in [-0.3, -0.25) is 4.79 Å². The Balaban J connectivity index is 1.60. The Bertz CT molecular complexity index is 958. The number of benzene rings is 2. The summed E-state index contributed by atoms with van der Waals surface area (Å²) >= 11 is 0. The normalized spacial score (nSPS) is 14.2. The molecular formula is C26H32N2O5. The largest absolute Gasteiger partial charge is 0.480 e. The van der Waals surface area contributed by atoms with Crippen LogP contribution in [0.1, 0.15) is 57.1 Å². The van der Waals surface area contributed by atoms with Gasteiger partial charge in [-0.15, -0.1) is 0 Å². The minimum absolute atomic E-state index is 0.0185. The lowest BCUT2D eigenvalue weighted by Gasteiger charge is -2.23. The van der Waals surface area contributed by atoms with E-state index in [9.17, 15) is 19.5 Å². The van der Waals surface area contributed by atoms with E-state index in [2.05, 4.69) is 34.9 Å². The lowest BCUT2D eigenvalue weighted by molar-refractivity contribution is -0.142. The molecule has 0 bridgehead atoms. The first-order valence-electron chi connectivity index (χ1n) is 11.5. The van der Waals surface area contributed by atoms with Gasteiger partial charge < -0.3 is 20.5 Å². The van der Waals surface area contributed by atoms with Gasteiger partial charge in [0.15, 0.2) is 0 Å². The predicted molar refractivity (Wildman–Crippen MR) is 126 cm³/mol. The summed E-state index contributed by atoms with van der Waals surface area (Å²) < 4.78 is 5.58. The van der Waals surface area contributed by atoms with Crippen LogP contribution in [0.2, 0.25) is 0 Å². The maximum absolute atomic E-state index is 12.6. The van der Waals surface area contributed by atoms with Crippen LogP contribution in [0.4, 0.5) is 4.79 Å². The number of hydrogen-bond acceptors (Lipinski definition) is 4. The zero-order chi connectivity index (χ0) is 24.0. The summed E-state index contributed by atoms with van der Waals surface area (Å²) in [6, 6.07) is 14.8. The van der Waals surface area contributed by atoms with Crippen molar-refractivity contribution in [2.75, 3.05) is 6.61 Å². The second-order valence-electron chi connectivity index (χ2n) is 8.77. The molecule has 1 aliphatic rings. The number of hydrogen-bond donors (Lipinski definition) is 3. The Morgan fingerprint density at radius 2 is 1.55 bits per heavy atom. The second-order valence-corrected chi connectivity index (χ2v) is 8.77. The minimum Gasteiger partial charge on any atom is -0.480 e. The standard InChI is InChI=1S/C26H32N2O5/c1-4-9-22(25(30)31)27-24(29)14-23(16(2)3)28-26(32)33-15-21-19-12-7-5-10-17(19)18-11-6-8-13-20(18)21/h5-8,10-13,16,21-23H,4,9,14-15H2,1-3H3,(H,27,29)(H,28,32)(H,30,31)/t22-,23-/m1/s1. The number of fused-ring (bicyclic) bond motifs is 3. The molecule has 3 rings (SSSR count). The van der Waals surface area contributed by atoms with E-state index < -0.39 is 30.1 Å². The number of nitrogens with one attached hydrogen (secondary N) is 2. The number of carboxylic acids is 1. The molecule has 0 aromatic heterocycles. The van der Waals surface area contributed by atoms with Crippen molar-refractivity contribution in [3.63, 3.8) is 0 Å². The Morgan fingerprint density at radius 3 is 2.06 bits per heavy atom. The number of carbonyl (C=O) groups excluding carboxylic acids is 2. The Kier molecular flexibility index (Phi) is 8.09. The van der Waals surface area contributed by atoms with Gasteiger partial charge in [0, 0.05) is 18.4 Å². The molecule has 0 fully saturated rings. The Morgan fingerprint density at radius 1 is 0.970 bits per heavy atom. The van der Waals surface area contributed by atoms with Gasteiger partial charge in [0.2, 0.25) is 5.91 Å². The maximum atomic E-state index is 12.6. The maximum Gasteiger partial charge on any atom is 0.407 e. The highest BCUT2D eigenvalue weighted by Crippen LogP contribution is 2.44. The van der Waals surface area contributed by atoms with E-state index in [-0.39, 0.29) is 24.9 Å². The summed E-state index contributed by atoms with van der Waals surface area (Å²) in [6.45, 7) is 5.83. The van der Waals surface area contributed by atoms with Gasteiger partial charge in [-0.1, -0.05) is 75.7 Å². The molecule has 7 nitrogen and oxygen atoms in total. The van der Waals surface area contributed by atoms with Crippen molar-refractivity contribution in [2.24, 2.45) is 5.92 Å². The molecule has 0 heterocycles. The quantitative estimate of drug-likeness (QED) is 0.498. The van der Waals surface area contributed by atoms with E-state index >= 15 is 0 Å². The summed E-state index contributed by atoms with van der Waals surface area (Å²) in [5.74, 6) is -1.55. The molecule has 0 aliphatic heterocycles. The lowest BCUT2D eigenvalue weighted by atomic mass is 9.98. The smallest absolute Gasteiger partial charge is 0.407 e. The van der Waals surface area contributed by atoms with Crippen molar-refractivity contribution in [1.82, 2.24) is 10.6 Å². The summed E-state index contributed by atoms with van der Waals surface area (Å²) in [6.07, 6.45) is 0.387. The molecule has 1 aliphatic carbocycles. The number of carboxylic acid groups (broad SMARTS) is 1. The van der Waals surface area contributed by atoms with Gasteiger partial charge >= 0.3 is 12.1 Å². The van der Waals surface area contributed by atoms with Crippen LogP contribution in [0.5, 0.6) is 0 Å². The fourth-order valence-corrected chi connectivity index (χ4v) is 4.24. The fraction of sp³-hybridized carbons (Fsp3) is 0.423. The molecule has 0 unspecified atom stereocenters. The third kappa shape index (κ3) is 5.92. The Labute approximate surface area is 194 Å². The zero-order valence-electron chi connectivity index (χ0n) is 19.3. The third-order valence-electron chi connectivity index (χ3n) is 6.07. The minimum atomic E-state index is -1.06. The van der Waals surface area contributed by atoms with E-state index in [1.807, 2.05) is 45.0 Å². The molecule has 0 saturated carbocycles. The molecular weight excluding hydrogens is 420 g/mol. The van der Waals surface area contributed by atoms with Gasteiger partial charge in [0.1, 0.15) is 12.6 Å². The van der Waals surface area contributed by atoms with Crippen LogP contribution in [-0.4, -0.2) is 41.8 Å². The van der Waals surface area contributed by atoms with Gasteiger partial charge in [0.05, 0.1) is 0 Å². The molecule has 0 spiro atoms. The van der Waals surface area contributed by atoms with Crippen LogP contribution >= 0.6 is 0 Å². The molecule has 2 aromatic rings. The van der Waals surface area contributed by atoms with Crippen molar-refractivity contribution < 1.29 is 24.2 Å². The number of aliphatic carboxylic acids is 1. The molecule has 2 atom stereocenters. The van der Waals surface area contributed by atoms with Crippen molar-refractivity contribution in [3.8, 4) is 11.1 Å². The summed E-state index contributed by atoms with van der Waals surface area (Å²) in [7, 11) is 0. The van der Waals surface area contributed by atoms with Crippen LogP contribution in [-0.2, 0) is 14.3 Å². The first-order chi connectivity index (χ1) is 15.8. The van der Waals surface area contributed by atoms with E-state index in [0.717, 1.165) is 22.3 Å². The second kappa shape index (κ2) is 11.0. The number of ether oxygens (including phenoxy) is 1. The molecule has 0 saturated heterocycles. The van der Waals surface area contributed by atoms with Crippen LogP contribution in [0, 0.1) is 5.92 Å². The van der Waals surface area contributed by atoms with Crippen molar-refractivity contribution in [2.45, 2.75) is 58.0 Å². The third-order valence-corrected chi connectivity index (χ3v) is 6.07. The molecule has 7 heteroatoms. The highest BCUT2D eigenvalue weighted by molar-refractivity contribution is 5.84. The molecule has 2 aromatic carbocycles. The average molecular weight is 453 g/mol. The van der Waals surface area contributed by atoms with E-state index in [4.69, 9.17) is 4.74 Å². The Hall–Kier alpha value is -3.35. The summed E-state index contributed by atoms with van der Waals surface area (Å²) in [4.78, 5) is 36.3. The van der Waals surface area contributed by atoms with Crippen molar-refractivity contribution >= 4 is 18.0 Å². The van der Waals surface area contributed by atoms with E-state index in [1.165, 1.54) is 0 Å².